The minimum absolute atomic E-state index is 0.0124. The number of amides is 1. The third kappa shape index (κ3) is 3.30. The number of rotatable bonds is 4. The number of benzene rings is 2. The summed E-state index contributed by atoms with van der Waals surface area (Å²) in [6.45, 7) is 1.82. The molecule has 140 valence electrons. The molecule has 0 aliphatic heterocycles. The Morgan fingerprint density at radius 3 is 2.61 bits per heavy atom. The minimum atomic E-state index is -0.570. The minimum Gasteiger partial charge on any atom is -0.322 e. The normalized spacial score (nSPS) is 10.9. The van der Waals surface area contributed by atoms with Crippen molar-refractivity contribution < 1.29 is 9.72 Å². The van der Waals surface area contributed by atoms with E-state index < -0.39 is 10.8 Å². The Morgan fingerprint density at radius 2 is 1.96 bits per heavy atom. The van der Waals surface area contributed by atoms with Gasteiger partial charge in [0.05, 0.1) is 15.5 Å². The molecule has 1 N–H and O–H groups in total. The Morgan fingerprint density at radius 1 is 1.21 bits per heavy atom. The molecule has 1 amide bonds. The van der Waals surface area contributed by atoms with Gasteiger partial charge in [-0.05, 0) is 37.3 Å². The maximum Gasteiger partial charge on any atom is 0.270 e. The second-order valence-corrected chi connectivity index (χ2v) is 7.16. The van der Waals surface area contributed by atoms with E-state index in [0.717, 1.165) is 16.6 Å². The zero-order valence-corrected chi connectivity index (χ0v) is 15.9. The molecule has 4 rings (SSSR count). The van der Waals surface area contributed by atoms with Crippen molar-refractivity contribution in [3.05, 3.63) is 69.0 Å². The van der Waals surface area contributed by atoms with Gasteiger partial charge >= 0.3 is 0 Å². The number of nitro benzene ring substituents is 1. The number of hydrogen-bond acceptors (Lipinski definition) is 7. The summed E-state index contributed by atoms with van der Waals surface area (Å²) >= 11 is 7.41. The third-order valence-corrected chi connectivity index (χ3v) is 5.21. The molecule has 0 bridgehead atoms. The van der Waals surface area contributed by atoms with E-state index in [1.54, 1.807) is 16.6 Å². The number of aryl methyl sites for hydroxylation is 1. The zero-order chi connectivity index (χ0) is 19.8. The van der Waals surface area contributed by atoms with Crippen LogP contribution in [0.5, 0.6) is 0 Å². The fraction of sp³-hybridized carbons (Fsp3) is 0.0588. The Labute approximate surface area is 166 Å². The predicted molar refractivity (Wildman–Crippen MR) is 105 cm³/mol. The highest BCUT2D eigenvalue weighted by Crippen LogP contribution is 2.27. The Hall–Kier alpha value is -3.37. The number of non-ortho nitro benzene ring substituents is 1. The molecule has 2 heterocycles. The highest BCUT2D eigenvalue weighted by Gasteiger charge is 2.15. The van der Waals surface area contributed by atoms with Crippen molar-refractivity contribution in [3.8, 4) is 10.6 Å². The molecule has 9 nitrogen and oxygen atoms in total. The first-order valence-corrected chi connectivity index (χ1v) is 9.16. The Balaban J connectivity index is 1.52. The average Bonchev–Trinajstić information content (AvgIpc) is 3.24. The van der Waals surface area contributed by atoms with Crippen molar-refractivity contribution >= 4 is 45.2 Å². The van der Waals surface area contributed by atoms with Gasteiger partial charge in [-0.3, -0.25) is 14.9 Å². The van der Waals surface area contributed by atoms with Crippen LogP contribution in [0.25, 0.3) is 15.5 Å². The number of aromatic nitrogens is 4. The van der Waals surface area contributed by atoms with Crippen LogP contribution in [0.3, 0.4) is 0 Å². The number of anilines is 1. The molecule has 0 saturated carbocycles. The summed E-state index contributed by atoms with van der Waals surface area (Å²) in [6.07, 6.45) is 0. The molecule has 28 heavy (non-hydrogen) atoms. The van der Waals surface area contributed by atoms with Crippen molar-refractivity contribution in [2.24, 2.45) is 0 Å². The molecule has 0 radical (unpaired) electrons. The van der Waals surface area contributed by atoms with Gasteiger partial charge in [-0.2, -0.15) is 9.61 Å². The van der Waals surface area contributed by atoms with Gasteiger partial charge in [0.2, 0.25) is 4.96 Å². The van der Waals surface area contributed by atoms with E-state index >= 15 is 0 Å². The van der Waals surface area contributed by atoms with Crippen LogP contribution in [0.4, 0.5) is 11.4 Å². The highest BCUT2D eigenvalue weighted by molar-refractivity contribution is 7.19. The summed E-state index contributed by atoms with van der Waals surface area (Å²) in [7, 11) is 0. The number of carbonyl (C=O) groups excluding carboxylic acids is 1. The first-order valence-electron chi connectivity index (χ1n) is 7.97. The van der Waals surface area contributed by atoms with Crippen LogP contribution in [-0.4, -0.2) is 30.6 Å². The van der Waals surface area contributed by atoms with E-state index in [0.29, 0.717) is 16.5 Å². The number of nitrogens with zero attached hydrogens (tertiary/aromatic N) is 5. The summed E-state index contributed by atoms with van der Waals surface area (Å²) in [5, 5.41) is 26.7. The molecule has 11 heteroatoms. The van der Waals surface area contributed by atoms with E-state index in [4.69, 9.17) is 11.6 Å². The Kier molecular flexibility index (Phi) is 4.49. The number of nitrogens with one attached hydrogen (secondary N) is 1. The lowest BCUT2D eigenvalue weighted by Crippen LogP contribution is -2.12. The summed E-state index contributed by atoms with van der Waals surface area (Å²) in [4.78, 5) is 23.3. The molecule has 0 unspecified atom stereocenters. The van der Waals surface area contributed by atoms with Crippen LogP contribution in [0.15, 0.2) is 42.5 Å². The van der Waals surface area contributed by atoms with Crippen molar-refractivity contribution in [2.45, 2.75) is 6.92 Å². The first-order chi connectivity index (χ1) is 13.4. The largest absolute Gasteiger partial charge is 0.322 e. The molecular formula is C17H11ClN6O3S. The average molecular weight is 415 g/mol. The lowest BCUT2D eigenvalue weighted by atomic mass is 10.1. The molecule has 0 saturated heterocycles. The number of fused-ring (bicyclic) bond motifs is 1. The second kappa shape index (κ2) is 6.98. The number of carbonyl (C=O) groups is 1. The SMILES string of the molecule is Cc1nnc2sc(-c3ccc(NC(=O)c4ccc([N+](=O)[O-])cc4Cl)cc3)nn12. The van der Waals surface area contributed by atoms with Crippen LogP contribution in [0, 0.1) is 17.0 Å². The quantitative estimate of drug-likeness (QED) is 0.399. The van der Waals surface area contributed by atoms with E-state index in [1.807, 2.05) is 19.1 Å². The van der Waals surface area contributed by atoms with Crippen molar-refractivity contribution in [1.82, 2.24) is 19.8 Å². The summed E-state index contributed by atoms with van der Waals surface area (Å²) in [5.74, 6) is 0.253. The van der Waals surface area contributed by atoms with Gasteiger partial charge in [0.1, 0.15) is 5.01 Å². The van der Waals surface area contributed by atoms with E-state index in [9.17, 15) is 14.9 Å². The maximum absolute atomic E-state index is 12.4. The van der Waals surface area contributed by atoms with Crippen molar-refractivity contribution in [3.63, 3.8) is 0 Å². The molecule has 0 spiro atoms. The lowest BCUT2D eigenvalue weighted by molar-refractivity contribution is -0.384. The molecule has 0 aliphatic rings. The molecular weight excluding hydrogens is 404 g/mol. The van der Waals surface area contributed by atoms with Gasteiger partial charge in [-0.1, -0.05) is 22.9 Å². The fourth-order valence-electron chi connectivity index (χ4n) is 2.53. The van der Waals surface area contributed by atoms with Gasteiger partial charge in [-0.25, -0.2) is 0 Å². The summed E-state index contributed by atoms with van der Waals surface area (Å²) in [5.41, 5.74) is 1.41. The van der Waals surface area contributed by atoms with Gasteiger partial charge < -0.3 is 5.32 Å². The summed E-state index contributed by atoms with van der Waals surface area (Å²) < 4.78 is 1.67. The molecule has 2 aromatic heterocycles. The zero-order valence-electron chi connectivity index (χ0n) is 14.3. The van der Waals surface area contributed by atoms with Crippen molar-refractivity contribution in [1.29, 1.82) is 0 Å². The topological polar surface area (TPSA) is 115 Å². The van der Waals surface area contributed by atoms with E-state index in [1.165, 1.54) is 23.5 Å². The van der Waals surface area contributed by atoms with Gasteiger partial charge in [0, 0.05) is 23.4 Å². The van der Waals surface area contributed by atoms with E-state index in [2.05, 4.69) is 20.6 Å². The van der Waals surface area contributed by atoms with Crippen LogP contribution in [0.1, 0.15) is 16.2 Å². The monoisotopic (exact) mass is 414 g/mol. The second-order valence-electron chi connectivity index (χ2n) is 5.80. The predicted octanol–water partition coefficient (Wildman–Crippen LogP) is 3.98. The summed E-state index contributed by atoms with van der Waals surface area (Å²) in [6, 6.07) is 10.8. The standard InChI is InChI=1S/C17H11ClN6O3S/c1-9-20-21-17-23(9)22-16(28-17)10-2-4-11(5-3-10)19-15(25)13-7-6-12(24(26)27)8-14(13)18/h2-8H,1H3,(H,19,25). The van der Waals surface area contributed by atoms with E-state index in [-0.39, 0.29) is 16.3 Å². The number of halogens is 1. The van der Waals surface area contributed by atoms with Crippen LogP contribution in [0.2, 0.25) is 5.02 Å². The molecule has 2 aromatic carbocycles. The maximum atomic E-state index is 12.4. The first kappa shape index (κ1) is 18.0. The molecule has 4 aromatic rings. The smallest absolute Gasteiger partial charge is 0.270 e. The fourth-order valence-corrected chi connectivity index (χ4v) is 3.68. The lowest BCUT2D eigenvalue weighted by Gasteiger charge is -2.07. The van der Waals surface area contributed by atoms with Gasteiger partial charge in [0.25, 0.3) is 11.6 Å². The number of hydrogen-bond donors (Lipinski definition) is 1. The van der Waals surface area contributed by atoms with Crippen molar-refractivity contribution in [2.75, 3.05) is 5.32 Å². The van der Waals surface area contributed by atoms with Gasteiger partial charge in [-0.15, -0.1) is 10.2 Å². The molecule has 0 fully saturated rings. The van der Waals surface area contributed by atoms with Crippen LogP contribution < -0.4 is 5.32 Å². The number of nitro groups is 1. The molecule has 0 atom stereocenters. The Bertz CT molecular complexity index is 1220. The third-order valence-electron chi connectivity index (χ3n) is 3.94. The van der Waals surface area contributed by atoms with Crippen LogP contribution >= 0.6 is 22.9 Å². The van der Waals surface area contributed by atoms with Gasteiger partial charge in [0.15, 0.2) is 5.82 Å². The van der Waals surface area contributed by atoms with Crippen LogP contribution in [-0.2, 0) is 0 Å². The molecule has 0 aliphatic carbocycles. The highest BCUT2D eigenvalue weighted by atomic mass is 35.5.